The Labute approximate surface area is 348 Å². The van der Waals surface area contributed by atoms with E-state index in [9.17, 15) is 31.9 Å². The quantitative estimate of drug-likeness (QED) is 0.108. The molecule has 2 saturated heterocycles. The summed E-state index contributed by atoms with van der Waals surface area (Å²) < 4.78 is 88.0. The predicted octanol–water partition coefficient (Wildman–Crippen LogP) is 8.50. The van der Waals surface area contributed by atoms with Gasteiger partial charge in [0.2, 0.25) is 0 Å². The minimum Gasteiger partial charge on any atom is -0.497 e. The fourth-order valence-corrected chi connectivity index (χ4v) is 7.81. The second-order valence-corrected chi connectivity index (χ2v) is 15.0. The van der Waals surface area contributed by atoms with E-state index in [1.165, 1.54) is 23.1 Å². The van der Waals surface area contributed by atoms with Crippen LogP contribution in [-0.4, -0.2) is 109 Å². The molecule has 7 rings (SSSR count). The van der Waals surface area contributed by atoms with Gasteiger partial charge in [-0.15, -0.1) is 0 Å². The van der Waals surface area contributed by atoms with Gasteiger partial charge in [-0.25, -0.2) is 18.6 Å². The molecule has 2 aliphatic rings. The van der Waals surface area contributed by atoms with Gasteiger partial charge >= 0.3 is 18.3 Å². The molecule has 1 amide bonds. The Morgan fingerprint density at radius 1 is 0.883 bits per heavy atom. The lowest BCUT2D eigenvalue weighted by atomic mass is 10.0. The number of aromatic nitrogens is 3. The largest absolute Gasteiger partial charge is 0.497 e. The number of pyridine rings is 1. The third-order valence-corrected chi connectivity index (χ3v) is 11.0. The molecular formula is C42H43ClF5N7O5. The van der Waals surface area contributed by atoms with Crippen LogP contribution in [0.1, 0.15) is 29.5 Å². The summed E-state index contributed by atoms with van der Waals surface area (Å²) in [5, 5.41) is 9.89. The van der Waals surface area contributed by atoms with E-state index in [-0.39, 0.29) is 79.8 Å². The van der Waals surface area contributed by atoms with Crippen LogP contribution < -0.4 is 24.0 Å². The number of hydrogen-bond donors (Lipinski definition) is 1. The zero-order valence-electron chi connectivity index (χ0n) is 32.8. The normalized spacial score (nSPS) is 16.1. The molecule has 0 unspecified atom stereocenters. The van der Waals surface area contributed by atoms with Crippen LogP contribution in [0.5, 0.6) is 17.5 Å². The number of carbonyl (C=O) groups is 1. The number of piperazine rings is 1. The molecule has 0 bridgehead atoms. The molecule has 2 aliphatic heterocycles. The first-order valence-corrected chi connectivity index (χ1v) is 19.7. The minimum atomic E-state index is -4.82. The van der Waals surface area contributed by atoms with E-state index < -0.39 is 36.5 Å². The average Bonchev–Trinajstić information content (AvgIpc) is 3.68. The molecule has 1 atom stereocenters. The van der Waals surface area contributed by atoms with E-state index in [1.54, 1.807) is 43.4 Å². The van der Waals surface area contributed by atoms with Crippen LogP contribution in [0.15, 0.2) is 72.8 Å². The number of carboxylic acid groups (broad SMARTS) is 1. The molecule has 3 aromatic carbocycles. The number of alkyl halides is 5. The SMILES string of the molecule is COc1ccc(CN(Cc2ccc(OC)cc2)c2ccc(C(F)(F)F)c(-c3cc4nc(OC[C@@H]5CCCN5CC(F)F)nc(N5CCN(C(=O)O)CC5)c4cc3Cl)n2)cc1. The molecule has 5 aromatic rings. The van der Waals surface area contributed by atoms with E-state index in [2.05, 4.69) is 15.0 Å². The second-order valence-electron chi connectivity index (χ2n) is 14.5. The summed E-state index contributed by atoms with van der Waals surface area (Å²) in [5.41, 5.74) is 0.418. The first kappa shape index (κ1) is 42.4. The molecular weight excluding hydrogens is 813 g/mol. The number of ether oxygens (including phenoxy) is 3. The fourth-order valence-electron chi connectivity index (χ4n) is 7.56. The fraction of sp³-hybridized carbons (Fsp3) is 0.381. The van der Waals surface area contributed by atoms with E-state index in [0.717, 1.165) is 17.2 Å². The van der Waals surface area contributed by atoms with Gasteiger partial charge in [-0.1, -0.05) is 35.9 Å². The van der Waals surface area contributed by atoms with Crippen molar-refractivity contribution in [3.63, 3.8) is 0 Å². The summed E-state index contributed by atoms with van der Waals surface area (Å²) in [6.07, 6.45) is -7.07. The highest BCUT2D eigenvalue weighted by atomic mass is 35.5. The summed E-state index contributed by atoms with van der Waals surface area (Å²) in [6, 6.07) is 19.5. The highest BCUT2D eigenvalue weighted by Gasteiger charge is 2.36. The Morgan fingerprint density at radius 3 is 2.08 bits per heavy atom. The van der Waals surface area contributed by atoms with Gasteiger partial charge < -0.3 is 34.0 Å². The summed E-state index contributed by atoms with van der Waals surface area (Å²) in [4.78, 5) is 32.2. The zero-order chi connectivity index (χ0) is 42.6. The van der Waals surface area contributed by atoms with Crippen LogP contribution in [0.4, 0.5) is 38.4 Å². The third-order valence-electron chi connectivity index (χ3n) is 10.7. The van der Waals surface area contributed by atoms with Crippen molar-refractivity contribution >= 4 is 40.2 Å². The van der Waals surface area contributed by atoms with Crippen LogP contribution in [0, 0.1) is 0 Å². The van der Waals surface area contributed by atoms with Gasteiger partial charge in [-0.2, -0.15) is 23.1 Å². The van der Waals surface area contributed by atoms with Crippen molar-refractivity contribution in [2.75, 3.05) is 69.9 Å². The third kappa shape index (κ3) is 9.84. The smallest absolute Gasteiger partial charge is 0.418 e. The average molecular weight is 856 g/mol. The number of hydrogen-bond acceptors (Lipinski definition) is 10. The van der Waals surface area contributed by atoms with Gasteiger partial charge in [0.15, 0.2) is 0 Å². The van der Waals surface area contributed by atoms with Crippen molar-refractivity contribution in [3.05, 3.63) is 94.5 Å². The Balaban J connectivity index is 1.31. The summed E-state index contributed by atoms with van der Waals surface area (Å²) in [5.74, 6) is 1.88. The maximum Gasteiger partial charge on any atom is 0.418 e. The number of fused-ring (bicyclic) bond motifs is 1. The molecule has 12 nitrogen and oxygen atoms in total. The van der Waals surface area contributed by atoms with Gasteiger partial charge in [0.1, 0.15) is 29.7 Å². The van der Waals surface area contributed by atoms with Crippen molar-refractivity contribution in [1.29, 1.82) is 0 Å². The Hall–Kier alpha value is -5.68. The molecule has 0 radical (unpaired) electrons. The molecule has 0 aliphatic carbocycles. The lowest BCUT2D eigenvalue weighted by molar-refractivity contribution is -0.137. The second kappa shape index (κ2) is 18.3. The number of halogens is 6. The van der Waals surface area contributed by atoms with Crippen LogP contribution in [0.2, 0.25) is 5.02 Å². The van der Waals surface area contributed by atoms with Crippen molar-refractivity contribution in [1.82, 2.24) is 24.8 Å². The van der Waals surface area contributed by atoms with E-state index in [1.807, 2.05) is 34.1 Å². The maximum absolute atomic E-state index is 14.9. The topological polar surface area (TPSA) is 117 Å². The van der Waals surface area contributed by atoms with Gasteiger partial charge in [0.25, 0.3) is 6.43 Å². The van der Waals surface area contributed by atoms with Crippen molar-refractivity contribution in [3.8, 4) is 28.8 Å². The number of benzene rings is 3. The lowest BCUT2D eigenvalue weighted by Gasteiger charge is -2.34. The van der Waals surface area contributed by atoms with Crippen LogP contribution in [0.25, 0.3) is 22.2 Å². The molecule has 1 N–H and O–H groups in total. The Bertz CT molecular complexity index is 2230. The molecule has 0 saturated carbocycles. The molecule has 60 heavy (non-hydrogen) atoms. The molecule has 18 heteroatoms. The highest BCUT2D eigenvalue weighted by molar-refractivity contribution is 6.34. The molecule has 0 spiro atoms. The van der Waals surface area contributed by atoms with Crippen LogP contribution in [-0.2, 0) is 19.3 Å². The number of anilines is 2. The minimum absolute atomic E-state index is 0.00491. The Morgan fingerprint density at radius 2 is 1.52 bits per heavy atom. The van der Waals surface area contributed by atoms with Crippen LogP contribution >= 0.6 is 11.6 Å². The maximum atomic E-state index is 14.9. The zero-order valence-corrected chi connectivity index (χ0v) is 33.6. The number of nitrogens with zero attached hydrogens (tertiary/aromatic N) is 7. The number of likely N-dealkylation sites (tertiary alicyclic amines) is 1. The standard InChI is InChI=1S/C42H43ClF5N7O5/c1-58-29-9-5-26(6-10-29)22-55(23-27-7-11-30(59-2)12-8-27)37-14-13-33(42(46,47)48)38(50-37)31-21-35-32(20-34(31)43)39(52-16-18-53(19-17-52)41(56)57)51-40(49-35)60-25-28-4-3-15-54(28)24-36(44)45/h5-14,20-21,28,36H,3-4,15-19,22-25H2,1-2H3,(H,56,57)/t28-/m0/s1. The summed E-state index contributed by atoms with van der Waals surface area (Å²) >= 11 is 6.93. The van der Waals surface area contributed by atoms with E-state index in [0.29, 0.717) is 42.1 Å². The molecule has 4 heterocycles. The van der Waals surface area contributed by atoms with Gasteiger partial charge in [0.05, 0.1) is 42.6 Å². The molecule has 318 valence electrons. The summed E-state index contributed by atoms with van der Waals surface area (Å²) in [7, 11) is 3.12. The molecule has 2 aromatic heterocycles. The number of rotatable bonds is 14. The lowest BCUT2D eigenvalue weighted by Crippen LogP contribution is -2.48. The number of methoxy groups -OCH3 is 2. The first-order valence-electron chi connectivity index (χ1n) is 19.3. The monoisotopic (exact) mass is 855 g/mol. The van der Waals surface area contributed by atoms with Gasteiger partial charge in [0, 0.05) is 56.3 Å². The Kier molecular flexibility index (Phi) is 12.9. The predicted molar refractivity (Wildman–Crippen MR) is 217 cm³/mol. The highest BCUT2D eigenvalue weighted by Crippen LogP contribution is 2.42. The van der Waals surface area contributed by atoms with Gasteiger partial charge in [-0.3, -0.25) is 4.90 Å². The van der Waals surface area contributed by atoms with E-state index >= 15 is 0 Å². The molecule has 2 fully saturated rings. The summed E-state index contributed by atoms with van der Waals surface area (Å²) in [6.45, 7) is 1.49. The van der Waals surface area contributed by atoms with Crippen molar-refractivity contribution < 1.29 is 46.1 Å². The first-order chi connectivity index (χ1) is 28.8. The van der Waals surface area contributed by atoms with Crippen molar-refractivity contribution in [2.45, 2.75) is 44.6 Å². The van der Waals surface area contributed by atoms with Crippen LogP contribution in [0.3, 0.4) is 0 Å². The van der Waals surface area contributed by atoms with Crippen molar-refractivity contribution in [2.24, 2.45) is 0 Å². The van der Waals surface area contributed by atoms with E-state index in [4.69, 9.17) is 25.8 Å². The van der Waals surface area contributed by atoms with Gasteiger partial charge in [-0.05, 0) is 79.0 Å². The number of amides is 1.